The summed E-state index contributed by atoms with van der Waals surface area (Å²) in [7, 11) is 0. The van der Waals surface area contributed by atoms with Gasteiger partial charge in [0.1, 0.15) is 11.5 Å². The van der Waals surface area contributed by atoms with Crippen molar-refractivity contribution >= 4 is 40.1 Å². The second-order valence-corrected chi connectivity index (χ2v) is 8.16. The molecule has 0 fully saturated rings. The third kappa shape index (κ3) is 5.33. The number of fused-ring (bicyclic) bond motifs is 1. The predicted octanol–water partition coefficient (Wildman–Crippen LogP) is 4.59. The van der Waals surface area contributed by atoms with Crippen molar-refractivity contribution in [1.82, 2.24) is 4.98 Å². The van der Waals surface area contributed by atoms with E-state index in [-0.39, 0.29) is 17.6 Å². The van der Waals surface area contributed by atoms with Crippen molar-refractivity contribution in [3.63, 3.8) is 0 Å². The molecule has 0 unspecified atom stereocenters. The summed E-state index contributed by atoms with van der Waals surface area (Å²) in [6.07, 6.45) is 1.31. The molecule has 0 radical (unpaired) electrons. The monoisotopic (exact) mass is 483 g/mol. The summed E-state index contributed by atoms with van der Waals surface area (Å²) in [5.74, 6) is -2.73. The summed E-state index contributed by atoms with van der Waals surface area (Å²) in [5, 5.41) is 5.63. The van der Waals surface area contributed by atoms with Crippen molar-refractivity contribution < 1.29 is 19.1 Å². The van der Waals surface area contributed by atoms with Gasteiger partial charge in [-0.05, 0) is 55.3 Å². The molecule has 0 saturated heterocycles. The number of aromatic nitrogens is 1. The number of anilines is 2. The zero-order valence-electron chi connectivity index (χ0n) is 19.8. The standard InChI is InChI=1S/C28H25N3O5/c1-3-36-28(35)23-16-29-24-14-13-21(15-22(24)25(23)32)31-27(34)17(2)26(33)30-20-11-9-19(10-12-20)18-7-5-4-6-8-18/h4-17H,3H2,1-2H3,(H,29,32)(H,30,33)(H,31,34)/t17-/m0/s1. The lowest BCUT2D eigenvalue weighted by atomic mass is 10.1. The maximum Gasteiger partial charge on any atom is 0.343 e. The van der Waals surface area contributed by atoms with Gasteiger partial charge in [-0.2, -0.15) is 0 Å². The van der Waals surface area contributed by atoms with Gasteiger partial charge in [0.2, 0.25) is 17.2 Å². The quantitative estimate of drug-likeness (QED) is 0.263. The first kappa shape index (κ1) is 24.4. The van der Waals surface area contributed by atoms with Gasteiger partial charge in [0.15, 0.2) is 0 Å². The molecule has 36 heavy (non-hydrogen) atoms. The highest BCUT2D eigenvalue weighted by Crippen LogP contribution is 2.22. The van der Waals surface area contributed by atoms with Gasteiger partial charge in [-0.15, -0.1) is 0 Å². The Hall–Kier alpha value is -4.72. The van der Waals surface area contributed by atoms with Crippen LogP contribution in [0, 0.1) is 5.92 Å². The molecule has 4 rings (SSSR count). The van der Waals surface area contributed by atoms with Crippen molar-refractivity contribution in [2.75, 3.05) is 17.2 Å². The van der Waals surface area contributed by atoms with E-state index in [0.717, 1.165) is 11.1 Å². The molecule has 8 nitrogen and oxygen atoms in total. The Labute approximate surface area is 207 Å². The lowest BCUT2D eigenvalue weighted by molar-refractivity contribution is -0.128. The molecular weight excluding hydrogens is 458 g/mol. The summed E-state index contributed by atoms with van der Waals surface area (Å²) in [6, 6.07) is 21.9. The number of benzene rings is 3. The van der Waals surface area contributed by atoms with Crippen LogP contribution in [0.5, 0.6) is 0 Å². The summed E-state index contributed by atoms with van der Waals surface area (Å²) >= 11 is 0. The molecular formula is C28H25N3O5. The van der Waals surface area contributed by atoms with E-state index in [1.807, 2.05) is 42.5 Å². The Morgan fingerprint density at radius 1 is 0.861 bits per heavy atom. The molecule has 3 aromatic carbocycles. The van der Waals surface area contributed by atoms with Crippen molar-refractivity contribution in [1.29, 1.82) is 0 Å². The molecule has 3 N–H and O–H groups in total. The van der Waals surface area contributed by atoms with Gasteiger partial charge < -0.3 is 20.4 Å². The molecule has 0 aliphatic carbocycles. The predicted molar refractivity (Wildman–Crippen MR) is 139 cm³/mol. The smallest absolute Gasteiger partial charge is 0.343 e. The molecule has 0 bridgehead atoms. The number of H-pyrrole nitrogens is 1. The van der Waals surface area contributed by atoms with E-state index in [1.165, 1.54) is 19.2 Å². The SMILES string of the molecule is CCOC(=O)c1c[nH]c2ccc(NC(=O)[C@@H](C)C(=O)Nc3ccc(-c4ccccc4)cc3)cc2c1=O. The van der Waals surface area contributed by atoms with Crippen LogP contribution in [0.1, 0.15) is 24.2 Å². The fourth-order valence-electron chi connectivity index (χ4n) is 3.65. The Balaban J connectivity index is 1.44. The normalized spacial score (nSPS) is 11.5. The second kappa shape index (κ2) is 10.7. The van der Waals surface area contributed by atoms with E-state index in [2.05, 4.69) is 15.6 Å². The molecule has 8 heteroatoms. The lowest BCUT2D eigenvalue weighted by Crippen LogP contribution is -2.31. The highest BCUT2D eigenvalue weighted by Gasteiger charge is 2.22. The van der Waals surface area contributed by atoms with E-state index in [0.29, 0.717) is 16.9 Å². The summed E-state index contributed by atoms with van der Waals surface area (Å²) in [5.41, 5.74) is 2.83. The minimum Gasteiger partial charge on any atom is -0.462 e. The number of ether oxygens (including phenoxy) is 1. The number of pyridine rings is 1. The number of rotatable bonds is 7. The largest absolute Gasteiger partial charge is 0.462 e. The molecule has 1 heterocycles. The molecule has 0 aliphatic heterocycles. The number of hydrogen-bond donors (Lipinski definition) is 3. The molecule has 182 valence electrons. The summed E-state index contributed by atoms with van der Waals surface area (Å²) in [6.45, 7) is 3.29. The highest BCUT2D eigenvalue weighted by molar-refractivity contribution is 6.10. The fourth-order valence-corrected chi connectivity index (χ4v) is 3.65. The third-order valence-electron chi connectivity index (χ3n) is 5.69. The van der Waals surface area contributed by atoms with Crippen LogP contribution in [0.15, 0.2) is 83.8 Å². The molecule has 0 saturated carbocycles. The zero-order valence-corrected chi connectivity index (χ0v) is 19.8. The molecule has 1 aromatic heterocycles. The zero-order chi connectivity index (χ0) is 25.7. The Morgan fingerprint density at radius 3 is 2.14 bits per heavy atom. The first-order chi connectivity index (χ1) is 17.4. The van der Waals surface area contributed by atoms with Crippen LogP contribution >= 0.6 is 0 Å². The van der Waals surface area contributed by atoms with E-state index < -0.39 is 29.1 Å². The van der Waals surface area contributed by atoms with Crippen LogP contribution in [0.4, 0.5) is 11.4 Å². The minimum atomic E-state index is -1.00. The van der Waals surface area contributed by atoms with Crippen molar-refractivity contribution in [3.05, 3.63) is 94.8 Å². The van der Waals surface area contributed by atoms with Crippen molar-refractivity contribution in [2.45, 2.75) is 13.8 Å². The number of esters is 1. The Kier molecular flexibility index (Phi) is 7.25. The Morgan fingerprint density at radius 2 is 1.47 bits per heavy atom. The second-order valence-electron chi connectivity index (χ2n) is 8.16. The number of nitrogens with one attached hydrogen (secondary N) is 3. The molecule has 0 aliphatic rings. The molecule has 2 amide bonds. The molecule has 0 spiro atoms. The van der Waals surface area contributed by atoms with Gasteiger partial charge in [0.25, 0.3) is 0 Å². The van der Waals surface area contributed by atoms with Crippen LogP contribution < -0.4 is 16.1 Å². The van der Waals surface area contributed by atoms with E-state index in [1.54, 1.807) is 31.2 Å². The summed E-state index contributed by atoms with van der Waals surface area (Å²) in [4.78, 5) is 53.1. The van der Waals surface area contributed by atoms with Crippen LogP contribution in [-0.4, -0.2) is 29.4 Å². The first-order valence-corrected chi connectivity index (χ1v) is 11.5. The molecule has 1 atom stereocenters. The maximum absolute atomic E-state index is 12.7. The Bertz CT molecular complexity index is 1480. The number of aromatic amines is 1. The van der Waals surface area contributed by atoms with Crippen LogP contribution in [0.25, 0.3) is 22.0 Å². The molecule has 4 aromatic rings. The van der Waals surface area contributed by atoms with Crippen LogP contribution in [0.2, 0.25) is 0 Å². The van der Waals surface area contributed by atoms with Gasteiger partial charge in [-0.1, -0.05) is 42.5 Å². The van der Waals surface area contributed by atoms with Gasteiger partial charge in [-0.3, -0.25) is 14.4 Å². The number of amides is 2. The average Bonchev–Trinajstić information content (AvgIpc) is 2.89. The van der Waals surface area contributed by atoms with E-state index >= 15 is 0 Å². The first-order valence-electron chi connectivity index (χ1n) is 11.5. The van der Waals surface area contributed by atoms with Gasteiger partial charge >= 0.3 is 5.97 Å². The topological polar surface area (TPSA) is 117 Å². The lowest BCUT2D eigenvalue weighted by Gasteiger charge is -2.13. The van der Waals surface area contributed by atoms with Crippen LogP contribution in [0.3, 0.4) is 0 Å². The number of carbonyl (C=O) groups excluding carboxylic acids is 3. The van der Waals surface area contributed by atoms with Crippen LogP contribution in [-0.2, 0) is 14.3 Å². The highest BCUT2D eigenvalue weighted by atomic mass is 16.5. The van der Waals surface area contributed by atoms with Gasteiger partial charge in [-0.25, -0.2) is 4.79 Å². The van der Waals surface area contributed by atoms with Gasteiger partial charge in [0.05, 0.1) is 6.61 Å². The fraction of sp³-hybridized carbons (Fsp3) is 0.143. The number of hydrogen-bond acceptors (Lipinski definition) is 5. The maximum atomic E-state index is 12.7. The van der Waals surface area contributed by atoms with Gasteiger partial charge in [0, 0.05) is 28.5 Å². The number of carbonyl (C=O) groups is 3. The van der Waals surface area contributed by atoms with E-state index in [9.17, 15) is 19.2 Å². The van der Waals surface area contributed by atoms with Crippen molar-refractivity contribution in [2.24, 2.45) is 5.92 Å². The third-order valence-corrected chi connectivity index (χ3v) is 5.69. The summed E-state index contributed by atoms with van der Waals surface area (Å²) < 4.78 is 4.91. The minimum absolute atomic E-state index is 0.126. The van der Waals surface area contributed by atoms with E-state index in [4.69, 9.17) is 4.74 Å². The average molecular weight is 484 g/mol. The van der Waals surface area contributed by atoms with Crippen molar-refractivity contribution in [3.8, 4) is 11.1 Å².